The van der Waals surface area contributed by atoms with Crippen LogP contribution in [-0.4, -0.2) is 25.3 Å². The minimum Gasteiger partial charge on any atom is -0.393 e. The Hall–Kier alpha value is -1.82. The molecular weight excluding hydrogens is 258 g/mol. The summed E-state index contributed by atoms with van der Waals surface area (Å²) >= 11 is 0. The zero-order valence-electron chi connectivity index (χ0n) is 22.4. The van der Waals surface area contributed by atoms with Crippen LogP contribution >= 0.6 is 0 Å². The molecule has 0 aliphatic heterocycles. The van der Waals surface area contributed by atoms with Gasteiger partial charge in [-0.25, -0.2) is 4.79 Å². The second kappa shape index (κ2) is 5.66. The van der Waals surface area contributed by atoms with Gasteiger partial charge in [0.2, 0.25) is 0 Å². The van der Waals surface area contributed by atoms with E-state index in [2.05, 4.69) is 4.98 Å². The van der Waals surface area contributed by atoms with E-state index in [4.69, 9.17) is 16.4 Å². The number of fused-ring (bicyclic) bond motifs is 1. The normalized spacial score (nSPS) is 24.4. The summed E-state index contributed by atoms with van der Waals surface area (Å²) in [5.41, 5.74) is -3.96. The van der Waals surface area contributed by atoms with Crippen molar-refractivity contribution in [1.29, 1.82) is 0 Å². The van der Waals surface area contributed by atoms with Crippen LogP contribution in [-0.2, 0) is 13.5 Å². The van der Waals surface area contributed by atoms with Crippen LogP contribution in [0.15, 0.2) is 15.8 Å². The van der Waals surface area contributed by atoms with Crippen LogP contribution in [0.4, 0.5) is 0 Å². The van der Waals surface area contributed by atoms with Gasteiger partial charge in [-0.1, -0.05) is 0 Å². The topological polar surface area (TPSA) is 80.0 Å². The van der Waals surface area contributed by atoms with Crippen LogP contribution in [0.1, 0.15) is 48.1 Å². The minimum atomic E-state index is -3.15. The number of nitrogens with one attached hydrogen (secondary N) is 1. The number of aliphatic hydroxyl groups is 1. The number of nitrogens with zero attached hydrogens (tertiary/aromatic N) is 2. The molecule has 1 unspecified atom stereocenters. The van der Waals surface area contributed by atoms with E-state index in [1.807, 2.05) is 0 Å². The van der Waals surface area contributed by atoms with Crippen molar-refractivity contribution in [3.05, 3.63) is 32.6 Å². The molecule has 110 valence electrons. The summed E-state index contributed by atoms with van der Waals surface area (Å²) in [4.78, 5) is 27.9. The average molecular weight is 291 g/mol. The first kappa shape index (κ1) is 5.52. The summed E-state index contributed by atoms with van der Waals surface area (Å²) in [7, 11) is 0. The number of aromatic nitrogens is 3. The summed E-state index contributed by atoms with van der Waals surface area (Å²) in [6.07, 6.45) is -6.68. The molecule has 2 aromatic heterocycles. The maximum absolute atomic E-state index is 12.9. The van der Waals surface area contributed by atoms with E-state index in [0.29, 0.717) is 4.57 Å². The van der Waals surface area contributed by atoms with Gasteiger partial charge in [-0.15, -0.1) is 0 Å². The third-order valence-electron chi connectivity index (χ3n) is 2.79. The first-order chi connectivity index (χ1) is 14.2. The Kier molecular flexibility index (Phi) is 1.56. The molecule has 6 heteroatoms. The second-order valence-electron chi connectivity index (χ2n) is 4.13. The van der Waals surface area contributed by atoms with Crippen LogP contribution < -0.4 is 11.2 Å². The highest BCUT2D eigenvalue weighted by Gasteiger charge is 2.13. The number of aryl methyl sites for hydroxylation is 2. The molecule has 2 heterocycles. The molecule has 1 atom stereocenters. The highest BCUT2D eigenvalue weighted by Crippen LogP contribution is 2.10. The van der Waals surface area contributed by atoms with E-state index >= 15 is 0 Å². The lowest BCUT2D eigenvalue weighted by atomic mass is 10.2. The van der Waals surface area contributed by atoms with E-state index < -0.39 is 80.1 Å². The van der Waals surface area contributed by atoms with Crippen molar-refractivity contribution in [2.45, 2.75) is 45.6 Å². The lowest BCUT2D eigenvalue weighted by molar-refractivity contribution is 0.180. The predicted molar refractivity (Wildman–Crippen MR) is 78.1 cm³/mol. The summed E-state index contributed by atoms with van der Waals surface area (Å²) in [6.45, 7) is -9.74. The molecule has 0 saturated heterocycles. The number of hydrogen-bond donors (Lipinski definition) is 2. The molecule has 0 amide bonds. The molecule has 0 spiro atoms. The van der Waals surface area contributed by atoms with Gasteiger partial charge in [0.15, 0.2) is 0 Å². The fourth-order valence-corrected chi connectivity index (χ4v) is 1.85. The predicted octanol–water partition coefficient (Wildman–Crippen LogP) is 0.888. The van der Waals surface area contributed by atoms with Crippen LogP contribution in [0, 0.1) is 6.85 Å². The van der Waals surface area contributed by atoms with Crippen molar-refractivity contribution in [2.24, 2.45) is 6.98 Å². The summed E-state index contributed by atoms with van der Waals surface area (Å²) in [5, 5.41) is 9.02. The van der Waals surface area contributed by atoms with Gasteiger partial charge in [0.1, 0.15) is 5.65 Å². The van der Waals surface area contributed by atoms with E-state index in [1.165, 1.54) is 0 Å². The van der Waals surface area contributed by atoms with Gasteiger partial charge in [0.25, 0.3) is 5.56 Å². The van der Waals surface area contributed by atoms with Crippen molar-refractivity contribution in [2.75, 3.05) is 0 Å². The van der Waals surface area contributed by atoms with Gasteiger partial charge in [0, 0.05) is 34.8 Å². The fourth-order valence-electron chi connectivity index (χ4n) is 1.85. The van der Waals surface area contributed by atoms with Crippen molar-refractivity contribution in [1.82, 2.24) is 14.1 Å². The fraction of sp³-hybridized carbons (Fsp3) is 0.571. The Morgan fingerprint density at radius 3 is 3.10 bits per heavy atom. The second-order valence-corrected chi connectivity index (χ2v) is 4.13. The molecule has 0 aliphatic rings. The van der Waals surface area contributed by atoms with Gasteiger partial charge in [-0.3, -0.25) is 13.9 Å². The number of aromatic amines is 1. The zero-order valence-corrected chi connectivity index (χ0v) is 10.4. The zero-order chi connectivity index (χ0) is 25.0. The minimum absolute atomic E-state index is 0.170. The van der Waals surface area contributed by atoms with Gasteiger partial charge >= 0.3 is 5.69 Å². The smallest absolute Gasteiger partial charge is 0.332 e. The van der Waals surface area contributed by atoms with Crippen molar-refractivity contribution < 1.29 is 21.6 Å². The Bertz CT molecular complexity index is 1120. The summed E-state index contributed by atoms with van der Waals surface area (Å²) < 4.78 is 90.8. The number of aliphatic hydroxyl groups excluding tert-OH is 1. The largest absolute Gasteiger partial charge is 0.393 e. The number of hydrogen-bond acceptors (Lipinski definition) is 3. The van der Waals surface area contributed by atoms with E-state index in [9.17, 15) is 14.7 Å². The first-order valence-electron chi connectivity index (χ1n) is 11.8. The summed E-state index contributed by atoms with van der Waals surface area (Å²) in [5.74, 6) is 0. The quantitative estimate of drug-likeness (QED) is 0.858. The van der Waals surface area contributed by atoms with Crippen molar-refractivity contribution in [3.63, 3.8) is 0 Å². The van der Waals surface area contributed by atoms with Gasteiger partial charge in [-0.2, -0.15) is 0 Å². The molecular formula is C14H21N3O3. The number of H-pyrrole nitrogens is 1. The Labute approximate surface area is 133 Å². The average Bonchev–Trinajstić information content (AvgIpc) is 2.91. The molecule has 0 saturated carbocycles. The highest BCUT2D eigenvalue weighted by atomic mass is 16.3. The molecule has 2 aromatic rings. The maximum Gasteiger partial charge on any atom is 0.332 e. The first-order valence-corrected chi connectivity index (χ1v) is 5.78. The molecule has 0 aliphatic carbocycles. The molecule has 6 nitrogen and oxygen atoms in total. The van der Waals surface area contributed by atoms with Crippen molar-refractivity contribution >= 4 is 11.0 Å². The van der Waals surface area contributed by atoms with Gasteiger partial charge in [-0.05, 0) is 38.5 Å². The van der Waals surface area contributed by atoms with Gasteiger partial charge in [0.05, 0.1) is 12.9 Å². The molecule has 0 fully saturated rings. The Morgan fingerprint density at radius 1 is 1.55 bits per heavy atom. The Morgan fingerprint density at radius 2 is 2.40 bits per heavy atom. The molecule has 20 heavy (non-hydrogen) atoms. The van der Waals surface area contributed by atoms with E-state index in [0.717, 1.165) is 0 Å². The maximum atomic E-state index is 12.9. The summed E-state index contributed by atoms with van der Waals surface area (Å²) in [6, 6.07) is 0. The highest BCUT2D eigenvalue weighted by molar-refractivity contribution is 5.78. The molecule has 0 radical (unpaired) electrons. The van der Waals surface area contributed by atoms with Crippen LogP contribution in [0.3, 0.4) is 0 Å². The van der Waals surface area contributed by atoms with Crippen LogP contribution in [0.5, 0.6) is 0 Å². The van der Waals surface area contributed by atoms with E-state index in [1.54, 1.807) is 0 Å². The lowest BCUT2D eigenvalue weighted by Gasteiger charge is -2.09. The standard InChI is InChI=1S/C14H21N3O3/c1-9-8-15-12-11(9)13(19)17(14(20)16(12)3)7-5-4-6-10(2)18/h8,10,15,18H,4-7H2,1-3H3/i1D3,2D3,3D3,6D2,8D. The molecule has 2 N–H and O–H groups in total. The van der Waals surface area contributed by atoms with Crippen molar-refractivity contribution in [3.8, 4) is 0 Å². The lowest BCUT2D eigenvalue weighted by Crippen LogP contribution is -2.39. The monoisotopic (exact) mass is 291 g/mol. The SMILES string of the molecule is [2H]c1[nH]c2c(c1C([2H])([2H])[2H])c(=O)n(CCCC([2H])([2H])C(O)C([2H])([2H])[2H])c(=O)n2C([2H])([2H])[2H]. The number of rotatable bonds is 5. The molecule has 2 rings (SSSR count). The molecule has 0 aromatic carbocycles. The Balaban J connectivity index is 2.63. The molecule has 0 bridgehead atoms. The third kappa shape index (κ3) is 2.56. The van der Waals surface area contributed by atoms with Gasteiger partial charge < -0.3 is 10.1 Å². The van der Waals surface area contributed by atoms with Crippen LogP contribution in [0.25, 0.3) is 11.0 Å². The van der Waals surface area contributed by atoms with Crippen LogP contribution in [0.2, 0.25) is 0 Å². The third-order valence-corrected chi connectivity index (χ3v) is 2.79. The van der Waals surface area contributed by atoms with E-state index in [-0.39, 0.29) is 11.0 Å².